The molecule has 0 aliphatic rings. The fraction of sp³-hybridized carbons (Fsp3) is 0.167. The van der Waals surface area contributed by atoms with Crippen molar-refractivity contribution in [1.82, 2.24) is 10.3 Å². The topological polar surface area (TPSA) is 24.9 Å². The molecule has 2 aromatic carbocycles. The van der Waals surface area contributed by atoms with Crippen molar-refractivity contribution in [3.8, 4) is 11.1 Å². The third-order valence-corrected chi connectivity index (χ3v) is 3.81. The zero-order valence-corrected chi connectivity index (χ0v) is 11.8. The lowest BCUT2D eigenvalue weighted by Crippen LogP contribution is -2.12. The number of rotatable bonds is 3. The highest BCUT2D eigenvalue weighted by atomic mass is 14.8. The predicted octanol–water partition coefficient (Wildman–Crippen LogP) is 4.18. The van der Waals surface area contributed by atoms with Gasteiger partial charge in [-0.25, -0.2) is 0 Å². The average Bonchev–Trinajstić information content (AvgIpc) is 2.53. The van der Waals surface area contributed by atoms with E-state index in [4.69, 9.17) is 0 Å². The molecule has 3 rings (SSSR count). The summed E-state index contributed by atoms with van der Waals surface area (Å²) in [6.07, 6.45) is 3.77. The molecule has 0 amide bonds. The lowest BCUT2D eigenvalue weighted by atomic mass is 9.96. The van der Waals surface area contributed by atoms with Gasteiger partial charge in [0.05, 0.1) is 0 Å². The third kappa shape index (κ3) is 2.30. The van der Waals surface area contributed by atoms with Crippen LogP contribution < -0.4 is 5.32 Å². The summed E-state index contributed by atoms with van der Waals surface area (Å²) in [5.74, 6) is 0. The second-order valence-electron chi connectivity index (χ2n) is 5.04. The number of hydrogen-bond acceptors (Lipinski definition) is 2. The molecule has 0 aliphatic heterocycles. The highest BCUT2D eigenvalue weighted by Gasteiger charge is 2.07. The van der Waals surface area contributed by atoms with Crippen molar-refractivity contribution in [3.63, 3.8) is 0 Å². The van der Waals surface area contributed by atoms with Crippen molar-refractivity contribution in [2.75, 3.05) is 7.05 Å². The number of pyridine rings is 1. The van der Waals surface area contributed by atoms with Crippen molar-refractivity contribution < 1.29 is 0 Å². The third-order valence-electron chi connectivity index (χ3n) is 3.81. The quantitative estimate of drug-likeness (QED) is 0.766. The van der Waals surface area contributed by atoms with Crippen LogP contribution in [0, 0.1) is 0 Å². The van der Waals surface area contributed by atoms with Crippen LogP contribution in [-0.2, 0) is 0 Å². The number of fused-ring (bicyclic) bond motifs is 1. The minimum Gasteiger partial charge on any atom is -0.313 e. The smallest absolute Gasteiger partial charge is 0.0346 e. The van der Waals surface area contributed by atoms with E-state index < -0.39 is 0 Å². The van der Waals surface area contributed by atoms with E-state index in [1.54, 1.807) is 0 Å². The second kappa shape index (κ2) is 5.43. The second-order valence-corrected chi connectivity index (χ2v) is 5.04. The van der Waals surface area contributed by atoms with Crippen molar-refractivity contribution in [1.29, 1.82) is 0 Å². The van der Waals surface area contributed by atoms with Gasteiger partial charge in [0.25, 0.3) is 0 Å². The van der Waals surface area contributed by atoms with Crippen molar-refractivity contribution in [3.05, 3.63) is 66.5 Å². The minimum atomic E-state index is 0.353. The van der Waals surface area contributed by atoms with E-state index in [-0.39, 0.29) is 0 Å². The number of nitrogens with zero attached hydrogens (tertiary/aromatic N) is 1. The van der Waals surface area contributed by atoms with Gasteiger partial charge in [0.15, 0.2) is 0 Å². The Hall–Kier alpha value is -2.19. The molecular formula is C18H18N2. The summed E-state index contributed by atoms with van der Waals surface area (Å²) in [5, 5.41) is 5.71. The molecule has 0 saturated heterocycles. The summed E-state index contributed by atoms with van der Waals surface area (Å²) in [4.78, 5) is 4.20. The maximum atomic E-state index is 4.20. The first kappa shape index (κ1) is 12.8. The van der Waals surface area contributed by atoms with Crippen LogP contribution in [0.5, 0.6) is 0 Å². The molecule has 1 aromatic heterocycles. The van der Waals surface area contributed by atoms with E-state index in [1.807, 2.05) is 19.4 Å². The number of aromatic nitrogens is 1. The maximum absolute atomic E-state index is 4.20. The summed E-state index contributed by atoms with van der Waals surface area (Å²) in [6, 6.07) is 17.5. The summed E-state index contributed by atoms with van der Waals surface area (Å²) < 4.78 is 0. The van der Waals surface area contributed by atoms with Crippen molar-refractivity contribution in [2.24, 2.45) is 0 Å². The number of nitrogens with one attached hydrogen (secondary N) is 1. The van der Waals surface area contributed by atoms with Gasteiger partial charge in [0.2, 0.25) is 0 Å². The van der Waals surface area contributed by atoms with E-state index in [0.717, 1.165) is 0 Å². The molecule has 100 valence electrons. The van der Waals surface area contributed by atoms with E-state index >= 15 is 0 Å². The Morgan fingerprint density at radius 1 is 1.05 bits per heavy atom. The Labute approximate surface area is 119 Å². The van der Waals surface area contributed by atoms with Crippen LogP contribution in [0.3, 0.4) is 0 Å². The highest BCUT2D eigenvalue weighted by Crippen LogP contribution is 2.29. The molecule has 0 radical (unpaired) electrons. The summed E-state index contributed by atoms with van der Waals surface area (Å²) >= 11 is 0. The minimum absolute atomic E-state index is 0.353. The van der Waals surface area contributed by atoms with Crippen LogP contribution in [0.25, 0.3) is 21.9 Å². The Morgan fingerprint density at radius 3 is 2.75 bits per heavy atom. The fourth-order valence-corrected chi connectivity index (χ4v) is 2.52. The molecule has 0 saturated carbocycles. The first-order chi connectivity index (χ1) is 9.79. The summed E-state index contributed by atoms with van der Waals surface area (Å²) in [5.41, 5.74) is 3.81. The van der Waals surface area contributed by atoms with Crippen LogP contribution in [-0.4, -0.2) is 12.0 Å². The largest absolute Gasteiger partial charge is 0.313 e. The van der Waals surface area contributed by atoms with Gasteiger partial charge in [-0.15, -0.1) is 0 Å². The lowest BCUT2D eigenvalue weighted by Gasteiger charge is -2.13. The molecule has 3 aromatic rings. The molecule has 1 atom stereocenters. The molecular weight excluding hydrogens is 244 g/mol. The normalized spacial score (nSPS) is 12.5. The SMILES string of the molecule is CNC(C)c1cccc(-c2cccc3cnccc23)c1. The van der Waals surface area contributed by atoms with Crippen molar-refractivity contribution in [2.45, 2.75) is 13.0 Å². The zero-order chi connectivity index (χ0) is 13.9. The molecule has 2 nitrogen and oxygen atoms in total. The molecule has 0 bridgehead atoms. The zero-order valence-electron chi connectivity index (χ0n) is 11.8. The standard InChI is InChI=1S/C18H18N2/c1-13(19-2)14-5-3-6-15(11-14)17-8-4-7-16-12-20-10-9-18(16)17/h3-13,19H,1-2H3. The molecule has 1 heterocycles. The van der Waals surface area contributed by atoms with Crippen LogP contribution >= 0.6 is 0 Å². The van der Waals surface area contributed by atoms with Gasteiger partial charge < -0.3 is 5.32 Å². The Bertz CT molecular complexity index is 729. The van der Waals surface area contributed by atoms with Gasteiger partial charge >= 0.3 is 0 Å². The summed E-state index contributed by atoms with van der Waals surface area (Å²) in [6.45, 7) is 2.17. The molecule has 20 heavy (non-hydrogen) atoms. The van der Waals surface area contributed by atoms with Crippen LogP contribution in [0.4, 0.5) is 0 Å². The van der Waals surface area contributed by atoms with E-state index in [9.17, 15) is 0 Å². The highest BCUT2D eigenvalue weighted by molar-refractivity contribution is 5.96. The molecule has 1 unspecified atom stereocenters. The van der Waals surface area contributed by atoms with Crippen molar-refractivity contribution >= 4 is 10.8 Å². The van der Waals surface area contributed by atoms with E-state index in [1.165, 1.54) is 27.5 Å². The maximum Gasteiger partial charge on any atom is 0.0346 e. The Morgan fingerprint density at radius 2 is 1.90 bits per heavy atom. The average molecular weight is 262 g/mol. The summed E-state index contributed by atoms with van der Waals surface area (Å²) in [7, 11) is 1.99. The Kier molecular flexibility index (Phi) is 3.48. The first-order valence-electron chi connectivity index (χ1n) is 6.90. The molecule has 0 fully saturated rings. The molecule has 1 N–H and O–H groups in total. The van der Waals surface area contributed by atoms with E-state index in [2.05, 4.69) is 65.8 Å². The van der Waals surface area contributed by atoms with Gasteiger partial charge in [0.1, 0.15) is 0 Å². The van der Waals surface area contributed by atoms with Crippen LogP contribution in [0.15, 0.2) is 60.9 Å². The monoisotopic (exact) mass is 262 g/mol. The van der Waals surface area contributed by atoms with Crippen LogP contribution in [0.2, 0.25) is 0 Å². The van der Waals surface area contributed by atoms with E-state index in [0.29, 0.717) is 6.04 Å². The van der Waals surface area contributed by atoms with Crippen LogP contribution in [0.1, 0.15) is 18.5 Å². The van der Waals surface area contributed by atoms with Gasteiger partial charge in [-0.1, -0.05) is 36.4 Å². The lowest BCUT2D eigenvalue weighted by molar-refractivity contribution is 0.652. The first-order valence-corrected chi connectivity index (χ1v) is 6.90. The number of hydrogen-bond donors (Lipinski definition) is 1. The van der Waals surface area contributed by atoms with Gasteiger partial charge in [0, 0.05) is 23.8 Å². The van der Waals surface area contributed by atoms with Gasteiger partial charge in [-0.2, -0.15) is 0 Å². The fourth-order valence-electron chi connectivity index (χ4n) is 2.52. The molecule has 2 heteroatoms. The molecule has 0 aliphatic carbocycles. The van der Waals surface area contributed by atoms with Gasteiger partial charge in [-0.3, -0.25) is 4.98 Å². The van der Waals surface area contributed by atoms with Gasteiger partial charge in [-0.05, 0) is 48.2 Å². The predicted molar refractivity (Wildman–Crippen MR) is 84.7 cm³/mol. The molecule has 0 spiro atoms. The Balaban J connectivity index is 2.16. The number of benzene rings is 2.